The molecule has 8 heteroatoms. The Kier molecular flexibility index (Phi) is 5.90. The van der Waals surface area contributed by atoms with Gasteiger partial charge in [0.05, 0.1) is 10.9 Å². The van der Waals surface area contributed by atoms with Gasteiger partial charge >= 0.3 is 5.97 Å². The molecule has 22 heavy (non-hydrogen) atoms. The number of hydrogen-bond acceptors (Lipinski definition) is 6. The molecule has 1 fully saturated rings. The normalized spacial score (nSPS) is 27.1. The molecule has 1 aliphatic rings. The van der Waals surface area contributed by atoms with E-state index in [4.69, 9.17) is 14.6 Å². The van der Waals surface area contributed by atoms with Crippen LogP contribution in [0, 0.1) is 0 Å². The van der Waals surface area contributed by atoms with Crippen molar-refractivity contribution in [3.63, 3.8) is 0 Å². The third-order valence-corrected chi connectivity index (χ3v) is 4.13. The van der Waals surface area contributed by atoms with Crippen LogP contribution in [0.2, 0.25) is 0 Å². The van der Waals surface area contributed by atoms with Crippen molar-refractivity contribution in [2.45, 2.75) is 29.4 Å². The molecule has 1 saturated heterocycles. The molecule has 0 saturated carbocycles. The highest BCUT2D eigenvalue weighted by Crippen LogP contribution is 2.32. The number of ether oxygens (including phenoxy) is 3. The fourth-order valence-electron chi connectivity index (χ4n) is 2.12. The van der Waals surface area contributed by atoms with Crippen molar-refractivity contribution in [3.8, 4) is 0 Å². The molecule has 1 unspecified atom stereocenters. The van der Waals surface area contributed by atoms with Crippen LogP contribution in [0.15, 0.2) is 30.3 Å². The zero-order chi connectivity index (χ0) is 16.1. The molecule has 0 bridgehead atoms. The lowest BCUT2D eigenvalue weighted by molar-refractivity contribution is -0.152. The number of halogens is 1. The van der Waals surface area contributed by atoms with Gasteiger partial charge in [0.15, 0.2) is 12.4 Å². The summed E-state index contributed by atoms with van der Waals surface area (Å²) in [7, 11) is 0. The first-order valence-electron chi connectivity index (χ1n) is 6.50. The Labute approximate surface area is 134 Å². The standard InChI is InChI=1S/C14H15BrO7/c15-10(11(17)8-4-2-1-3-5-8)14-21-9(6-20-7-16)12(22-14)13(18)19/h1-5,7,9-12,14,17H,6H2,(H,18,19)/t9-,10+,11+,12-,14?/m1/s1. The van der Waals surface area contributed by atoms with Crippen LogP contribution >= 0.6 is 15.9 Å². The van der Waals surface area contributed by atoms with Gasteiger partial charge in [-0.2, -0.15) is 0 Å². The number of aliphatic carboxylic acids is 1. The minimum absolute atomic E-state index is 0.208. The van der Waals surface area contributed by atoms with Crippen LogP contribution in [0.25, 0.3) is 0 Å². The highest BCUT2D eigenvalue weighted by Gasteiger charge is 2.45. The lowest BCUT2D eigenvalue weighted by Gasteiger charge is -2.22. The summed E-state index contributed by atoms with van der Waals surface area (Å²) in [6, 6.07) is 8.82. The van der Waals surface area contributed by atoms with E-state index >= 15 is 0 Å². The molecule has 2 N–H and O–H groups in total. The third-order valence-electron chi connectivity index (χ3n) is 3.20. The fourth-order valence-corrected chi connectivity index (χ4v) is 2.67. The van der Waals surface area contributed by atoms with E-state index < -0.39 is 35.4 Å². The van der Waals surface area contributed by atoms with Gasteiger partial charge in [0.2, 0.25) is 0 Å². The molecule has 7 nitrogen and oxygen atoms in total. The highest BCUT2D eigenvalue weighted by atomic mass is 79.9. The average Bonchev–Trinajstić information content (AvgIpc) is 2.96. The molecular weight excluding hydrogens is 360 g/mol. The topological polar surface area (TPSA) is 102 Å². The first-order valence-corrected chi connectivity index (χ1v) is 7.42. The van der Waals surface area contributed by atoms with Crippen molar-refractivity contribution < 1.29 is 34.0 Å². The smallest absolute Gasteiger partial charge is 0.335 e. The van der Waals surface area contributed by atoms with Gasteiger partial charge in [-0.05, 0) is 5.56 Å². The zero-order valence-corrected chi connectivity index (χ0v) is 13.0. The summed E-state index contributed by atoms with van der Waals surface area (Å²) < 4.78 is 15.3. The Morgan fingerprint density at radius 1 is 1.36 bits per heavy atom. The quantitative estimate of drug-likeness (QED) is 0.538. The molecule has 1 heterocycles. The minimum Gasteiger partial charge on any atom is -0.479 e. The van der Waals surface area contributed by atoms with Crippen molar-refractivity contribution in [2.75, 3.05) is 6.61 Å². The maximum atomic E-state index is 11.2. The van der Waals surface area contributed by atoms with E-state index in [0.717, 1.165) is 0 Å². The molecule has 2 rings (SSSR count). The second kappa shape index (κ2) is 7.68. The second-order valence-electron chi connectivity index (χ2n) is 4.67. The van der Waals surface area contributed by atoms with Gasteiger partial charge in [0.25, 0.3) is 6.47 Å². The lowest BCUT2D eigenvalue weighted by atomic mass is 10.1. The number of carboxylic acids is 1. The maximum Gasteiger partial charge on any atom is 0.335 e. The minimum atomic E-state index is -1.27. The number of carbonyl (C=O) groups is 2. The van der Waals surface area contributed by atoms with Crippen LogP contribution in [-0.2, 0) is 23.8 Å². The Morgan fingerprint density at radius 2 is 2.05 bits per heavy atom. The number of hydrogen-bond donors (Lipinski definition) is 2. The first kappa shape index (κ1) is 16.9. The first-order chi connectivity index (χ1) is 10.5. The molecule has 1 aliphatic heterocycles. The Balaban J connectivity index is 2.05. The number of carboxylic acid groups (broad SMARTS) is 1. The van der Waals surface area contributed by atoms with E-state index in [-0.39, 0.29) is 13.1 Å². The third kappa shape index (κ3) is 3.83. The van der Waals surface area contributed by atoms with E-state index in [1.165, 1.54) is 0 Å². The molecule has 1 aromatic carbocycles. The summed E-state index contributed by atoms with van der Waals surface area (Å²) in [5.74, 6) is -1.23. The SMILES string of the molecule is O=COC[C@H]1OC([C@@H](Br)[C@@H](O)c2ccccc2)O[C@H]1C(=O)O. The van der Waals surface area contributed by atoms with Crippen LogP contribution < -0.4 is 0 Å². The summed E-state index contributed by atoms with van der Waals surface area (Å²) in [5, 5.41) is 19.4. The van der Waals surface area contributed by atoms with Gasteiger partial charge in [-0.25, -0.2) is 4.79 Å². The van der Waals surface area contributed by atoms with Crippen LogP contribution in [0.3, 0.4) is 0 Å². The molecule has 0 amide bonds. The van der Waals surface area contributed by atoms with Crippen LogP contribution in [0.5, 0.6) is 0 Å². The van der Waals surface area contributed by atoms with Gasteiger partial charge < -0.3 is 24.4 Å². The van der Waals surface area contributed by atoms with Crippen LogP contribution in [0.1, 0.15) is 11.7 Å². The molecule has 0 spiro atoms. The largest absolute Gasteiger partial charge is 0.479 e. The summed E-state index contributed by atoms with van der Waals surface area (Å²) in [6.07, 6.45) is -4.15. The summed E-state index contributed by atoms with van der Waals surface area (Å²) >= 11 is 3.28. The predicted molar refractivity (Wildman–Crippen MR) is 77.3 cm³/mol. The maximum absolute atomic E-state index is 11.2. The molecule has 5 atom stereocenters. The van der Waals surface area contributed by atoms with Crippen molar-refractivity contribution in [1.29, 1.82) is 0 Å². The summed E-state index contributed by atoms with van der Waals surface area (Å²) in [4.78, 5) is 20.7. The average molecular weight is 375 g/mol. The van der Waals surface area contributed by atoms with E-state index in [2.05, 4.69) is 20.7 Å². The van der Waals surface area contributed by atoms with Crippen molar-refractivity contribution in [3.05, 3.63) is 35.9 Å². The number of rotatable bonds is 7. The molecular formula is C14H15BrO7. The van der Waals surface area contributed by atoms with Gasteiger partial charge in [-0.1, -0.05) is 46.3 Å². The summed E-state index contributed by atoms with van der Waals surface area (Å²) in [6.45, 7) is -0.0296. The van der Waals surface area contributed by atoms with E-state index in [1.54, 1.807) is 24.3 Å². The Morgan fingerprint density at radius 3 is 2.64 bits per heavy atom. The molecule has 0 aliphatic carbocycles. The number of benzene rings is 1. The van der Waals surface area contributed by atoms with Gasteiger partial charge in [-0.3, -0.25) is 4.79 Å². The highest BCUT2D eigenvalue weighted by molar-refractivity contribution is 9.09. The number of aliphatic hydroxyl groups excluding tert-OH is 1. The van der Waals surface area contributed by atoms with Crippen molar-refractivity contribution in [2.24, 2.45) is 0 Å². The summed E-state index contributed by atoms with van der Waals surface area (Å²) in [5.41, 5.74) is 0.635. The second-order valence-corrected chi connectivity index (χ2v) is 5.72. The van der Waals surface area contributed by atoms with Gasteiger partial charge in [-0.15, -0.1) is 0 Å². The predicted octanol–water partition coefficient (Wildman–Crippen LogP) is 0.851. The number of alkyl halides is 1. The zero-order valence-electron chi connectivity index (χ0n) is 11.4. The van der Waals surface area contributed by atoms with E-state index in [1.807, 2.05) is 6.07 Å². The van der Waals surface area contributed by atoms with Crippen molar-refractivity contribution >= 4 is 28.4 Å². The van der Waals surface area contributed by atoms with Crippen LogP contribution in [0.4, 0.5) is 0 Å². The number of aliphatic hydroxyl groups is 1. The molecule has 120 valence electrons. The monoisotopic (exact) mass is 374 g/mol. The Bertz CT molecular complexity index is 509. The van der Waals surface area contributed by atoms with Crippen molar-refractivity contribution in [1.82, 2.24) is 0 Å². The van der Waals surface area contributed by atoms with E-state index in [9.17, 15) is 14.7 Å². The van der Waals surface area contributed by atoms with Gasteiger partial charge in [0, 0.05) is 0 Å². The van der Waals surface area contributed by atoms with Crippen LogP contribution in [-0.4, -0.2) is 52.6 Å². The molecule has 0 radical (unpaired) electrons. The number of carbonyl (C=O) groups excluding carboxylic acids is 1. The Hall–Kier alpha value is -1.48. The van der Waals surface area contributed by atoms with Gasteiger partial charge in [0.1, 0.15) is 12.7 Å². The molecule has 1 aromatic rings. The van der Waals surface area contributed by atoms with E-state index in [0.29, 0.717) is 5.56 Å². The lowest BCUT2D eigenvalue weighted by Crippen LogP contribution is -2.34. The molecule has 0 aromatic heterocycles. The fraction of sp³-hybridized carbons (Fsp3) is 0.429.